The van der Waals surface area contributed by atoms with Gasteiger partial charge in [0, 0.05) is 35.2 Å². The van der Waals surface area contributed by atoms with Crippen LogP contribution in [0.4, 0.5) is 23.2 Å². The summed E-state index contributed by atoms with van der Waals surface area (Å²) in [5.74, 6) is -3.82. The van der Waals surface area contributed by atoms with Crippen molar-refractivity contribution in [1.82, 2.24) is 4.98 Å². The SMILES string of the molecule is COC(=O)c1cc(Oc2ncc(CN=[N+]=[N-])cc2C(F)(F)F)c(F)cc1N(C(=O)C1CCC(C)CC1)C(C)C. The van der Waals surface area contributed by atoms with Crippen molar-refractivity contribution in [2.45, 2.75) is 65.2 Å². The standard InChI is InChI=1S/C26H29F4N5O4/c1-14(2)35(24(36)17-7-5-15(3)6-8-17)21-11-20(27)22(10-18(21)25(37)38-4)39-23-19(26(28,29)30)9-16(12-32-23)13-33-34-31/h9-12,14-15,17H,5-8,13H2,1-4H3. The maximum absolute atomic E-state index is 15.4. The summed E-state index contributed by atoms with van der Waals surface area (Å²) in [7, 11) is 1.09. The number of ether oxygens (including phenoxy) is 2. The van der Waals surface area contributed by atoms with Crippen LogP contribution in [0.5, 0.6) is 11.6 Å². The molecule has 1 fully saturated rings. The lowest BCUT2D eigenvalue weighted by Crippen LogP contribution is -2.43. The van der Waals surface area contributed by atoms with Crippen LogP contribution < -0.4 is 9.64 Å². The molecule has 1 saturated carbocycles. The number of carbonyl (C=O) groups excluding carboxylic acids is 2. The molecule has 0 aliphatic heterocycles. The van der Waals surface area contributed by atoms with Crippen LogP contribution in [0.2, 0.25) is 0 Å². The summed E-state index contributed by atoms with van der Waals surface area (Å²) in [5, 5.41) is 3.21. The molecule has 2 aromatic rings. The van der Waals surface area contributed by atoms with Gasteiger partial charge in [0.15, 0.2) is 11.6 Å². The number of amides is 1. The largest absolute Gasteiger partial charge is 0.465 e. The summed E-state index contributed by atoms with van der Waals surface area (Å²) in [4.78, 5) is 33.7. The highest BCUT2D eigenvalue weighted by Gasteiger charge is 2.37. The van der Waals surface area contributed by atoms with Gasteiger partial charge in [0.2, 0.25) is 11.8 Å². The molecule has 39 heavy (non-hydrogen) atoms. The minimum absolute atomic E-state index is 0.0401. The summed E-state index contributed by atoms with van der Waals surface area (Å²) in [5.41, 5.74) is 6.73. The van der Waals surface area contributed by atoms with E-state index in [2.05, 4.69) is 21.9 Å². The Labute approximate surface area is 222 Å². The van der Waals surface area contributed by atoms with E-state index in [-0.39, 0.29) is 35.2 Å². The van der Waals surface area contributed by atoms with Gasteiger partial charge in [0.1, 0.15) is 5.56 Å². The average Bonchev–Trinajstić information content (AvgIpc) is 2.88. The fourth-order valence-corrected chi connectivity index (χ4v) is 4.53. The summed E-state index contributed by atoms with van der Waals surface area (Å²) < 4.78 is 66.6. The maximum atomic E-state index is 15.4. The molecule has 210 valence electrons. The van der Waals surface area contributed by atoms with Gasteiger partial charge in [0.05, 0.1) is 24.9 Å². The molecule has 0 saturated heterocycles. The first kappa shape index (κ1) is 29.7. The smallest absolute Gasteiger partial charge is 0.421 e. The average molecular weight is 552 g/mol. The summed E-state index contributed by atoms with van der Waals surface area (Å²) in [6.45, 7) is 5.15. The van der Waals surface area contributed by atoms with Crippen LogP contribution in [0, 0.1) is 17.7 Å². The number of hydrogen-bond donors (Lipinski definition) is 0. The van der Waals surface area contributed by atoms with Gasteiger partial charge in [-0.25, -0.2) is 14.2 Å². The van der Waals surface area contributed by atoms with E-state index in [0.717, 1.165) is 38.3 Å². The van der Waals surface area contributed by atoms with Gasteiger partial charge in [-0.2, -0.15) is 13.2 Å². The molecule has 1 amide bonds. The number of benzene rings is 1. The zero-order valence-corrected chi connectivity index (χ0v) is 22.0. The maximum Gasteiger partial charge on any atom is 0.421 e. The Morgan fingerprint density at radius 1 is 1.21 bits per heavy atom. The normalized spacial score (nSPS) is 17.4. The Hall–Kier alpha value is -3.86. The number of nitrogens with zero attached hydrogens (tertiary/aromatic N) is 5. The quantitative estimate of drug-likeness (QED) is 0.113. The van der Waals surface area contributed by atoms with E-state index in [0.29, 0.717) is 24.8 Å². The summed E-state index contributed by atoms with van der Waals surface area (Å²) in [6.07, 6.45) is -0.900. The molecule has 1 aromatic heterocycles. The number of carbonyl (C=O) groups is 2. The number of esters is 1. The van der Waals surface area contributed by atoms with Gasteiger partial charge in [-0.3, -0.25) is 4.79 Å². The van der Waals surface area contributed by atoms with Gasteiger partial charge in [-0.15, -0.1) is 0 Å². The Bertz CT molecular complexity index is 1270. The van der Waals surface area contributed by atoms with E-state index < -0.39 is 41.2 Å². The second-order valence-electron chi connectivity index (χ2n) is 9.74. The van der Waals surface area contributed by atoms with Crippen LogP contribution >= 0.6 is 0 Å². The lowest BCUT2D eigenvalue weighted by atomic mass is 9.82. The van der Waals surface area contributed by atoms with Gasteiger partial charge >= 0.3 is 12.1 Å². The zero-order valence-electron chi connectivity index (χ0n) is 22.0. The monoisotopic (exact) mass is 551 g/mol. The minimum atomic E-state index is -4.94. The number of pyridine rings is 1. The molecule has 0 spiro atoms. The molecule has 0 atom stereocenters. The predicted molar refractivity (Wildman–Crippen MR) is 134 cm³/mol. The number of methoxy groups -OCH3 is 1. The predicted octanol–water partition coefficient (Wildman–Crippen LogP) is 7.20. The van der Waals surface area contributed by atoms with E-state index in [1.54, 1.807) is 13.8 Å². The molecule has 1 aliphatic carbocycles. The van der Waals surface area contributed by atoms with Gasteiger partial charge in [0.25, 0.3) is 0 Å². The molecule has 1 aliphatic rings. The van der Waals surface area contributed by atoms with Crippen LogP contribution in [-0.4, -0.2) is 30.0 Å². The molecule has 1 heterocycles. The van der Waals surface area contributed by atoms with Gasteiger partial charge in [-0.1, -0.05) is 12.0 Å². The van der Waals surface area contributed by atoms with E-state index in [1.807, 2.05) is 0 Å². The molecule has 13 heteroatoms. The fraction of sp³-hybridized carbons (Fsp3) is 0.500. The van der Waals surface area contributed by atoms with Crippen molar-refractivity contribution in [2.24, 2.45) is 17.0 Å². The third-order valence-electron chi connectivity index (χ3n) is 6.57. The Balaban J connectivity index is 2.07. The molecular formula is C26H29F4N5O4. The highest BCUT2D eigenvalue weighted by molar-refractivity contribution is 6.04. The Morgan fingerprint density at radius 2 is 1.87 bits per heavy atom. The number of anilines is 1. The summed E-state index contributed by atoms with van der Waals surface area (Å²) in [6, 6.07) is 1.99. The number of halogens is 4. The molecule has 0 unspecified atom stereocenters. The number of hydrogen-bond acceptors (Lipinski definition) is 6. The molecule has 0 bridgehead atoms. The second kappa shape index (κ2) is 12.3. The second-order valence-corrected chi connectivity index (χ2v) is 9.74. The van der Waals surface area contributed by atoms with Crippen LogP contribution in [-0.2, 0) is 22.3 Å². The Kier molecular flexibility index (Phi) is 9.39. The van der Waals surface area contributed by atoms with Crippen molar-refractivity contribution in [3.05, 3.63) is 57.3 Å². The number of aromatic nitrogens is 1. The lowest BCUT2D eigenvalue weighted by Gasteiger charge is -2.34. The van der Waals surface area contributed by atoms with E-state index in [9.17, 15) is 22.8 Å². The van der Waals surface area contributed by atoms with Crippen molar-refractivity contribution in [2.75, 3.05) is 12.0 Å². The van der Waals surface area contributed by atoms with Crippen molar-refractivity contribution >= 4 is 17.6 Å². The molecule has 3 rings (SSSR count). The number of rotatable bonds is 8. The first-order chi connectivity index (χ1) is 18.4. The van der Waals surface area contributed by atoms with E-state index >= 15 is 4.39 Å². The molecule has 9 nitrogen and oxygen atoms in total. The molecule has 0 radical (unpaired) electrons. The van der Waals surface area contributed by atoms with Crippen LogP contribution in [0.1, 0.15) is 67.9 Å². The zero-order chi connectivity index (χ0) is 28.9. The molecular weight excluding hydrogens is 522 g/mol. The third kappa shape index (κ3) is 6.97. The highest BCUT2D eigenvalue weighted by Crippen LogP contribution is 2.40. The van der Waals surface area contributed by atoms with Crippen LogP contribution in [0.3, 0.4) is 0 Å². The van der Waals surface area contributed by atoms with Crippen molar-refractivity contribution in [3.63, 3.8) is 0 Å². The highest BCUT2D eigenvalue weighted by atomic mass is 19.4. The first-order valence-electron chi connectivity index (χ1n) is 12.4. The first-order valence-corrected chi connectivity index (χ1v) is 12.4. The van der Waals surface area contributed by atoms with Gasteiger partial charge < -0.3 is 14.4 Å². The van der Waals surface area contributed by atoms with Crippen molar-refractivity contribution in [3.8, 4) is 11.6 Å². The third-order valence-corrected chi connectivity index (χ3v) is 6.57. The van der Waals surface area contributed by atoms with E-state index in [1.165, 1.54) is 4.90 Å². The minimum Gasteiger partial charge on any atom is -0.465 e. The van der Waals surface area contributed by atoms with Crippen LogP contribution in [0.15, 0.2) is 29.5 Å². The summed E-state index contributed by atoms with van der Waals surface area (Å²) >= 11 is 0. The van der Waals surface area contributed by atoms with Crippen molar-refractivity contribution < 1.29 is 36.6 Å². The van der Waals surface area contributed by atoms with Crippen LogP contribution in [0.25, 0.3) is 10.4 Å². The van der Waals surface area contributed by atoms with Crippen molar-refractivity contribution in [1.29, 1.82) is 0 Å². The van der Waals surface area contributed by atoms with E-state index in [4.69, 9.17) is 15.0 Å². The molecule has 0 N–H and O–H groups in total. The fourth-order valence-electron chi connectivity index (χ4n) is 4.53. The Morgan fingerprint density at radius 3 is 2.44 bits per heavy atom. The molecule has 1 aromatic carbocycles. The number of azide groups is 1. The number of alkyl halides is 3. The topological polar surface area (TPSA) is 117 Å². The lowest BCUT2D eigenvalue weighted by molar-refractivity contribution is -0.139. The van der Waals surface area contributed by atoms with Gasteiger partial charge in [-0.05, 0) is 62.6 Å².